The third-order valence-electron chi connectivity index (χ3n) is 4.21. The summed E-state index contributed by atoms with van der Waals surface area (Å²) in [6.07, 6.45) is 3.49. The van der Waals surface area contributed by atoms with Gasteiger partial charge in [-0.1, -0.05) is 24.9 Å². The minimum absolute atomic E-state index is 0.118. The molecular formula is C17H25ClN2O3S. The average Bonchev–Trinajstić information content (AvgIpc) is 3.01. The van der Waals surface area contributed by atoms with Crippen LogP contribution in [0.2, 0.25) is 5.02 Å². The van der Waals surface area contributed by atoms with Crippen molar-refractivity contribution in [3.05, 3.63) is 28.8 Å². The van der Waals surface area contributed by atoms with Crippen molar-refractivity contribution >= 4 is 27.5 Å². The van der Waals surface area contributed by atoms with Crippen molar-refractivity contribution < 1.29 is 13.2 Å². The summed E-state index contributed by atoms with van der Waals surface area (Å²) in [5.74, 6) is -0.350. The largest absolute Gasteiger partial charge is 0.347 e. The maximum Gasteiger partial charge on any atom is 0.253 e. The Morgan fingerprint density at radius 1 is 1.29 bits per heavy atom. The summed E-state index contributed by atoms with van der Waals surface area (Å²) in [5.41, 5.74) is -0.181. The summed E-state index contributed by atoms with van der Waals surface area (Å²) in [6, 6.07) is 4.32. The number of carbonyl (C=O) groups is 1. The fourth-order valence-electron chi connectivity index (χ4n) is 2.98. The van der Waals surface area contributed by atoms with Crippen molar-refractivity contribution in [3.8, 4) is 0 Å². The molecule has 1 saturated heterocycles. The summed E-state index contributed by atoms with van der Waals surface area (Å²) in [5, 5.41) is 3.18. The number of nitrogens with zero attached hydrogens (tertiary/aromatic N) is 1. The molecule has 5 nitrogen and oxygen atoms in total. The number of benzene rings is 1. The van der Waals surface area contributed by atoms with E-state index in [1.165, 1.54) is 22.5 Å². The Bertz CT molecular complexity index is 711. The third-order valence-corrected chi connectivity index (χ3v) is 6.44. The summed E-state index contributed by atoms with van der Waals surface area (Å²) in [7, 11) is -3.57. The van der Waals surface area contributed by atoms with Gasteiger partial charge in [-0.15, -0.1) is 0 Å². The van der Waals surface area contributed by atoms with E-state index in [2.05, 4.69) is 5.32 Å². The van der Waals surface area contributed by atoms with E-state index in [9.17, 15) is 13.2 Å². The maximum atomic E-state index is 12.7. The highest BCUT2D eigenvalue weighted by Gasteiger charge is 2.29. The van der Waals surface area contributed by atoms with Gasteiger partial charge in [-0.3, -0.25) is 4.79 Å². The molecule has 0 aromatic heterocycles. The molecule has 0 radical (unpaired) electrons. The van der Waals surface area contributed by atoms with E-state index in [4.69, 9.17) is 11.6 Å². The zero-order valence-corrected chi connectivity index (χ0v) is 16.0. The van der Waals surface area contributed by atoms with Crippen LogP contribution in [0.3, 0.4) is 0 Å². The summed E-state index contributed by atoms with van der Waals surface area (Å²) in [4.78, 5) is 12.7. The summed E-state index contributed by atoms with van der Waals surface area (Å²) in [6.45, 7) is 6.97. The molecule has 0 atom stereocenters. The number of rotatable bonds is 6. The van der Waals surface area contributed by atoms with Crippen LogP contribution in [0, 0.1) is 0 Å². The van der Waals surface area contributed by atoms with Gasteiger partial charge in [0.1, 0.15) is 0 Å². The van der Waals surface area contributed by atoms with Crippen molar-refractivity contribution in [3.63, 3.8) is 0 Å². The van der Waals surface area contributed by atoms with Gasteiger partial charge < -0.3 is 5.32 Å². The van der Waals surface area contributed by atoms with Crippen LogP contribution in [-0.4, -0.2) is 37.3 Å². The second-order valence-electron chi connectivity index (χ2n) is 6.84. The van der Waals surface area contributed by atoms with Crippen LogP contribution < -0.4 is 5.32 Å². The predicted octanol–water partition coefficient (Wildman–Crippen LogP) is 3.43. The molecule has 0 saturated carbocycles. The topological polar surface area (TPSA) is 66.5 Å². The Balaban J connectivity index is 2.30. The van der Waals surface area contributed by atoms with Crippen LogP contribution in [0.25, 0.3) is 0 Å². The predicted molar refractivity (Wildman–Crippen MR) is 95.9 cm³/mol. The van der Waals surface area contributed by atoms with E-state index in [1.807, 2.05) is 20.8 Å². The van der Waals surface area contributed by atoms with Crippen LogP contribution in [0.1, 0.15) is 56.8 Å². The van der Waals surface area contributed by atoms with Gasteiger partial charge in [0, 0.05) is 18.6 Å². The quantitative estimate of drug-likeness (QED) is 0.831. The van der Waals surface area contributed by atoms with Crippen molar-refractivity contribution in [2.45, 2.75) is 56.9 Å². The zero-order chi connectivity index (χ0) is 18.0. The number of hydrogen-bond acceptors (Lipinski definition) is 3. The lowest BCUT2D eigenvalue weighted by molar-refractivity contribution is 0.0909. The van der Waals surface area contributed by atoms with E-state index >= 15 is 0 Å². The molecule has 1 aliphatic rings. The molecule has 1 aliphatic heterocycles. The Kier molecular flexibility index (Phi) is 5.94. The van der Waals surface area contributed by atoms with Crippen LogP contribution in [0.4, 0.5) is 0 Å². The molecular weight excluding hydrogens is 348 g/mol. The first-order valence-electron chi connectivity index (χ1n) is 8.29. The number of amides is 1. The lowest BCUT2D eigenvalue weighted by Gasteiger charge is -2.26. The first-order valence-corrected chi connectivity index (χ1v) is 10.1. The molecule has 0 unspecified atom stereocenters. The number of halogens is 1. The summed E-state index contributed by atoms with van der Waals surface area (Å²) < 4.78 is 26.8. The van der Waals surface area contributed by atoms with Gasteiger partial charge in [0.15, 0.2) is 0 Å². The standard InChI is InChI=1S/C17H25ClN2O3S/c1-4-9-17(2,3)19-16(21)14-12-13(7-8-15(14)18)24(22,23)20-10-5-6-11-20/h7-8,12H,4-6,9-11H2,1-3H3,(H,19,21). The second-order valence-corrected chi connectivity index (χ2v) is 9.19. The maximum absolute atomic E-state index is 12.7. The first kappa shape index (κ1) is 19.2. The van der Waals surface area contributed by atoms with Gasteiger partial charge in [-0.05, 0) is 51.3 Å². The molecule has 1 N–H and O–H groups in total. The Hall–Kier alpha value is -1.11. The molecule has 24 heavy (non-hydrogen) atoms. The van der Waals surface area contributed by atoms with Gasteiger partial charge >= 0.3 is 0 Å². The lowest BCUT2D eigenvalue weighted by Crippen LogP contribution is -2.43. The van der Waals surface area contributed by atoms with Gasteiger partial charge in [-0.2, -0.15) is 4.31 Å². The number of carbonyl (C=O) groups excluding carboxylic acids is 1. The molecule has 134 valence electrons. The minimum Gasteiger partial charge on any atom is -0.347 e. The number of hydrogen-bond donors (Lipinski definition) is 1. The van der Waals surface area contributed by atoms with E-state index in [1.54, 1.807) is 0 Å². The highest BCUT2D eigenvalue weighted by atomic mass is 35.5. The van der Waals surface area contributed by atoms with Crippen molar-refractivity contribution in [1.29, 1.82) is 0 Å². The third kappa shape index (κ3) is 4.29. The molecule has 0 spiro atoms. The van der Waals surface area contributed by atoms with E-state index in [-0.39, 0.29) is 26.9 Å². The smallest absolute Gasteiger partial charge is 0.253 e. The molecule has 0 aliphatic carbocycles. The van der Waals surface area contributed by atoms with Crippen molar-refractivity contribution in [2.24, 2.45) is 0 Å². The molecule has 1 aromatic rings. The fraction of sp³-hybridized carbons (Fsp3) is 0.588. The molecule has 2 rings (SSSR count). The SMILES string of the molecule is CCCC(C)(C)NC(=O)c1cc(S(=O)(=O)N2CCCC2)ccc1Cl. The van der Waals surface area contributed by atoms with Crippen LogP contribution in [0.15, 0.2) is 23.1 Å². The summed E-state index contributed by atoms with van der Waals surface area (Å²) >= 11 is 6.14. The highest BCUT2D eigenvalue weighted by molar-refractivity contribution is 7.89. The number of sulfonamides is 1. The van der Waals surface area contributed by atoms with Gasteiger partial charge in [-0.25, -0.2) is 8.42 Å². The van der Waals surface area contributed by atoms with Gasteiger partial charge in [0.05, 0.1) is 15.5 Å². The van der Waals surface area contributed by atoms with E-state index in [0.717, 1.165) is 25.7 Å². The molecule has 1 fully saturated rings. The zero-order valence-electron chi connectivity index (χ0n) is 14.4. The van der Waals surface area contributed by atoms with Crippen LogP contribution in [0.5, 0.6) is 0 Å². The van der Waals surface area contributed by atoms with Crippen LogP contribution >= 0.6 is 11.6 Å². The Labute approximate surface area is 149 Å². The Morgan fingerprint density at radius 2 is 1.92 bits per heavy atom. The molecule has 1 aromatic carbocycles. The number of nitrogens with one attached hydrogen (secondary N) is 1. The fourth-order valence-corrected chi connectivity index (χ4v) is 4.73. The minimum atomic E-state index is -3.57. The van der Waals surface area contributed by atoms with Crippen LogP contribution in [-0.2, 0) is 10.0 Å². The molecule has 0 bridgehead atoms. The van der Waals surface area contributed by atoms with E-state index in [0.29, 0.717) is 13.1 Å². The first-order chi connectivity index (χ1) is 11.2. The van der Waals surface area contributed by atoms with Crippen molar-refractivity contribution in [1.82, 2.24) is 9.62 Å². The van der Waals surface area contributed by atoms with Gasteiger partial charge in [0.25, 0.3) is 5.91 Å². The average molecular weight is 373 g/mol. The second kappa shape index (κ2) is 7.42. The van der Waals surface area contributed by atoms with E-state index < -0.39 is 10.0 Å². The molecule has 7 heteroatoms. The van der Waals surface area contributed by atoms with Gasteiger partial charge in [0.2, 0.25) is 10.0 Å². The lowest BCUT2D eigenvalue weighted by atomic mass is 9.98. The Morgan fingerprint density at radius 3 is 2.50 bits per heavy atom. The molecule has 1 heterocycles. The monoisotopic (exact) mass is 372 g/mol. The normalized spacial score (nSPS) is 16.3. The van der Waals surface area contributed by atoms with Crippen molar-refractivity contribution in [2.75, 3.05) is 13.1 Å². The highest BCUT2D eigenvalue weighted by Crippen LogP contribution is 2.26. The molecule has 1 amide bonds.